The largest absolute Gasteiger partial charge is 0.358 e. The number of carbonyl (C=O) groups is 1. The van der Waals surface area contributed by atoms with Crippen molar-refractivity contribution in [2.75, 3.05) is 0 Å². The number of aryl methyl sites for hydroxylation is 2. The first-order chi connectivity index (χ1) is 12.4. The third kappa shape index (κ3) is 2.75. The Hall–Kier alpha value is -2.76. The van der Waals surface area contributed by atoms with Crippen molar-refractivity contribution >= 4 is 16.8 Å². The zero-order valence-corrected chi connectivity index (χ0v) is 14.1. The molecule has 3 aromatic rings. The van der Waals surface area contributed by atoms with Gasteiger partial charge in [0.05, 0.1) is 5.56 Å². The fourth-order valence-electron chi connectivity index (χ4n) is 3.62. The average molecular weight is 358 g/mol. The highest BCUT2D eigenvalue weighted by Crippen LogP contribution is 2.30. The van der Waals surface area contributed by atoms with Crippen molar-refractivity contribution in [1.82, 2.24) is 10.3 Å². The van der Waals surface area contributed by atoms with Gasteiger partial charge in [-0.05, 0) is 56.0 Å². The molecular weight excluding hydrogens is 341 g/mol. The van der Waals surface area contributed by atoms with Crippen molar-refractivity contribution in [3.8, 4) is 0 Å². The number of amides is 1. The summed E-state index contributed by atoms with van der Waals surface area (Å²) in [6.45, 7) is 2.02. The van der Waals surface area contributed by atoms with Crippen molar-refractivity contribution < 1.29 is 18.0 Å². The SMILES string of the molecule is Cc1ccc2[nH]c3c(c2c1)CC(NC(=O)c1ccc(F)c(F)c1F)CC3. The number of carbonyl (C=O) groups excluding carboxylic acids is 1. The van der Waals surface area contributed by atoms with Crippen LogP contribution in [0.4, 0.5) is 13.2 Å². The molecule has 0 saturated heterocycles. The van der Waals surface area contributed by atoms with Crippen molar-refractivity contribution in [3.05, 3.63) is 70.2 Å². The summed E-state index contributed by atoms with van der Waals surface area (Å²) in [6, 6.07) is 7.70. The van der Waals surface area contributed by atoms with E-state index in [9.17, 15) is 18.0 Å². The number of fused-ring (bicyclic) bond motifs is 3. The molecule has 1 atom stereocenters. The fourth-order valence-corrected chi connectivity index (χ4v) is 3.62. The van der Waals surface area contributed by atoms with Crippen LogP contribution in [-0.2, 0) is 12.8 Å². The number of benzene rings is 2. The number of nitrogens with one attached hydrogen (secondary N) is 2. The lowest BCUT2D eigenvalue weighted by molar-refractivity contribution is 0.0928. The molecule has 0 bridgehead atoms. The molecule has 4 rings (SSSR count). The summed E-state index contributed by atoms with van der Waals surface area (Å²) in [7, 11) is 0. The molecule has 3 nitrogen and oxygen atoms in total. The highest BCUT2D eigenvalue weighted by Gasteiger charge is 2.26. The number of aromatic amines is 1. The van der Waals surface area contributed by atoms with Crippen LogP contribution >= 0.6 is 0 Å². The molecule has 6 heteroatoms. The van der Waals surface area contributed by atoms with E-state index in [-0.39, 0.29) is 6.04 Å². The van der Waals surface area contributed by atoms with E-state index < -0.39 is 28.9 Å². The molecular formula is C20H17F3N2O. The summed E-state index contributed by atoms with van der Waals surface area (Å²) in [6.07, 6.45) is 2.06. The summed E-state index contributed by atoms with van der Waals surface area (Å²) in [5, 5.41) is 3.87. The minimum Gasteiger partial charge on any atom is -0.358 e. The molecule has 0 saturated carbocycles. The third-order valence-corrected chi connectivity index (χ3v) is 4.96. The van der Waals surface area contributed by atoms with E-state index in [4.69, 9.17) is 0 Å². The van der Waals surface area contributed by atoms with E-state index >= 15 is 0 Å². The Balaban J connectivity index is 1.58. The highest BCUT2D eigenvalue weighted by molar-refractivity contribution is 5.95. The summed E-state index contributed by atoms with van der Waals surface area (Å²) >= 11 is 0. The van der Waals surface area contributed by atoms with Crippen LogP contribution in [0.2, 0.25) is 0 Å². The Morgan fingerprint density at radius 2 is 1.96 bits per heavy atom. The van der Waals surface area contributed by atoms with Gasteiger partial charge in [-0.2, -0.15) is 0 Å². The van der Waals surface area contributed by atoms with Gasteiger partial charge in [0.2, 0.25) is 0 Å². The number of hydrogen-bond donors (Lipinski definition) is 2. The van der Waals surface area contributed by atoms with Crippen molar-refractivity contribution in [2.24, 2.45) is 0 Å². The summed E-state index contributed by atoms with van der Waals surface area (Å²) in [5.74, 6) is -5.13. The first-order valence-electron chi connectivity index (χ1n) is 8.48. The van der Waals surface area contributed by atoms with Crippen LogP contribution in [-0.4, -0.2) is 16.9 Å². The van der Waals surface area contributed by atoms with E-state index in [1.54, 1.807) is 0 Å². The minimum absolute atomic E-state index is 0.193. The molecule has 1 aliphatic carbocycles. The Kier molecular flexibility index (Phi) is 3.98. The Labute approximate surface area is 148 Å². The molecule has 134 valence electrons. The molecule has 0 fully saturated rings. The quantitative estimate of drug-likeness (QED) is 0.663. The number of hydrogen-bond acceptors (Lipinski definition) is 1. The number of rotatable bonds is 2. The van der Waals surface area contributed by atoms with Crippen LogP contribution < -0.4 is 5.32 Å². The maximum Gasteiger partial charge on any atom is 0.254 e. The lowest BCUT2D eigenvalue weighted by Gasteiger charge is -2.24. The standard InChI is InChI=1S/C20H17F3N2O/c1-10-2-6-16-13(8-10)14-9-11(3-7-17(14)25-16)24-20(26)12-4-5-15(21)19(23)18(12)22/h2,4-6,8,11,25H,3,7,9H2,1H3,(H,24,26). The van der Waals surface area contributed by atoms with Crippen LogP contribution in [0.25, 0.3) is 10.9 Å². The lowest BCUT2D eigenvalue weighted by atomic mass is 9.91. The molecule has 26 heavy (non-hydrogen) atoms. The second-order valence-corrected chi connectivity index (χ2v) is 6.77. The van der Waals surface area contributed by atoms with E-state index in [2.05, 4.69) is 16.4 Å². The molecule has 1 amide bonds. The van der Waals surface area contributed by atoms with E-state index in [1.807, 2.05) is 19.1 Å². The summed E-state index contributed by atoms with van der Waals surface area (Å²) in [5.41, 5.74) is 4.01. The first-order valence-corrected chi connectivity index (χ1v) is 8.48. The average Bonchev–Trinajstić information content (AvgIpc) is 2.97. The maximum atomic E-state index is 13.8. The highest BCUT2D eigenvalue weighted by atomic mass is 19.2. The zero-order valence-electron chi connectivity index (χ0n) is 14.1. The number of H-pyrrole nitrogens is 1. The Morgan fingerprint density at radius 3 is 2.77 bits per heavy atom. The van der Waals surface area contributed by atoms with Crippen LogP contribution in [0.15, 0.2) is 30.3 Å². The lowest BCUT2D eigenvalue weighted by Crippen LogP contribution is -2.39. The predicted octanol–water partition coefficient (Wildman–Crippen LogP) is 4.18. The molecule has 1 heterocycles. The maximum absolute atomic E-state index is 13.8. The first kappa shape index (κ1) is 16.7. The van der Waals surface area contributed by atoms with Gasteiger partial charge in [-0.15, -0.1) is 0 Å². The minimum atomic E-state index is -1.63. The van der Waals surface area contributed by atoms with Gasteiger partial charge in [-0.1, -0.05) is 11.6 Å². The molecule has 0 radical (unpaired) electrons. The van der Waals surface area contributed by atoms with Crippen LogP contribution in [0, 0.1) is 24.4 Å². The number of aromatic nitrogens is 1. The van der Waals surface area contributed by atoms with Crippen LogP contribution in [0.3, 0.4) is 0 Å². The third-order valence-electron chi connectivity index (χ3n) is 4.96. The number of halogens is 3. The van der Waals surface area contributed by atoms with Crippen molar-refractivity contribution in [3.63, 3.8) is 0 Å². The molecule has 1 aliphatic rings. The predicted molar refractivity (Wildman–Crippen MR) is 92.6 cm³/mol. The van der Waals surface area contributed by atoms with Gasteiger partial charge in [0.1, 0.15) is 0 Å². The van der Waals surface area contributed by atoms with Crippen LogP contribution in [0.1, 0.15) is 33.6 Å². The normalized spacial score (nSPS) is 16.5. The topological polar surface area (TPSA) is 44.9 Å². The molecule has 0 spiro atoms. The second kappa shape index (κ2) is 6.20. The molecule has 1 aromatic heterocycles. The molecule has 2 aromatic carbocycles. The fraction of sp³-hybridized carbons (Fsp3) is 0.250. The van der Waals surface area contributed by atoms with E-state index in [1.165, 1.54) is 0 Å². The van der Waals surface area contributed by atoms with Gasteiger partial charge < -0.3 is 10.3 Å². The summed E-state index contributed by atoms with van der Waals surface area (Å²) in [4.78, 5) is 15.7. The van der Waals surface area contributed by atoms with Gasteiger partial charge in [-0.3, -0.25) is 4.79 Å². The van der Waals surface area contributed by atoms with E-state index in [0.717, 1.165) is 46.3 Å². The Morgan fingerprint density at radius 1 is 1.15 bits per heavy atom. The monoisotopic (exact) mass is 358 g/mol. The smallest absolute Gasteiger partial charge is 0.254 e. The van der Waals surface area contributed by atoms with Crippen molar-refractivity contribution in [1.29, 1.82) is 0 Å². The van der Waals surface area contributed by atoms with Crippen LogP contribution in [0.5, 0.6) is 0 Å². The van der Waals surface area contributed by atoms with Crippen molar-refractivity contribution in [2.45, 2.75) is 32.2 Å². The van der Waals surface area contributed by atoms with Gasteiger partial charge in [-0.25, -0.2) is 13.2 Å². The summed E-state index contributed by atoms with van der Waals surface area (Å²) < 4.78 is 40.2. The Bertz CT molecular complexity index is 1030. The van der Waals surface area contributed by atoms with Gasteiger partial charge >= 0.3 is 0 Å². The van der Waals surface area contributed by atoms with Gasteiger partial charge in [0.25, 0.3) is 5.91 Å². The molecule has 0 aliphatic heterocycles. The molecule has 1 unspecified atom stereocenters. The van der Waals surface area contributed by atoms with E-state index in [0.29, 0.717) is 12.8 Å². The van der Waals surface area contributed by atoms with Gasteiger partial charge in [0.15, 0.2) is 17.5 Å². The second-order valence-electron chi connectivity index (χ2n) is 6.77. The van der Waals surface area contributed by atoms with Gasteiger partial charge in [0, 0.05) is 22.6 Å². The zero-order chi connectivity index (χ0) is 18.4. The molecule has 2 N–H and O–H groups in total.